The summed E-state index contributed by atoms with van der Waals surface area (Å²) in [6.45, 7) is 1.75. The number of hydrogen-bond acceptors (Lipinski definition) is 5. The van der Waals surface area contributed by atoms with Gasteiger partial charge in [-0.05, 0) is 42.7 Å². The molecule has 26 heavy (non-hydrogen) atoms. The number of nitrogens with zero attached hydrogens (tertiary/aromatic N) is 1. The first-order valence-corrected chi connectivity index (χ1v) is 8.28. The molecule has 0 atom stereocenters. The third kappa shape index (κ3) is 5.41. The molecular weight excluding hydrogens is 336 g/mol. The zero-order valence-electron chi connectivity index (χ0n) is 14.4. The summed E-state index contributed by atoms with van der Waals surface area (Å²) in [6, 6.07) is 11.3. The van der Waals surface area contributed by atoms with E-state index in [1.165, 1.54) is 17.7 Å². The molecule has 0 saturated heterocycles. The maximum Gasteiger partial charge on any atom is 0.311 e. The van der Waals surface area contributed by atoms with Crippen LogP contribution in [0.1, 0.15) is 35.7 Å². The minimum Gasteiger partial charge on any atom is -0.477 e. The van der Waals surface area contributed by atoms with Gasteiger partial charge < -0.3 is 10.1 Å². The van der Waals surface area contributed by atoms with E-state index in [0.29, 0.717) is 12.0 Å². The van der Waals surface area contributed by atoms with Crippen LogP contribution in [-0.2, 0) is 11.2 Å². The first-order chi connectivity index (χ1) is 12.5. The zero-order chi connectivity index (χ0) is 18.9. The Morgan fingerprint density at radius 2 is 1.96 bits per heavy atom. The number of nitro benzene ring substituents is 1. The first kappa shape index (κ1) is 19.1. The van der Waals surface area contributed by atoms with Crippen molar-refractivity contribution in [2.24, 2.45) is 0 Å². The van der Waals surface area contributed by atoms with Crippen LogP contribution in [0.3, 0.4) is 0 Å². The third-order valence-electron chi connectivity index (χ3n) is 3.73. The summed E-state index contributed by atoms with van der Waals surface area (Å²) in [5.41, 5.74) is 1.64. The molecule has 0 fully saturated rings. The number of benzene rings is 2. The standard InChI is InChI=1S/C19H20N2O5/c1-2-3-4-14-5-8-16(9-6-14)20-19(23)13-26-18-10-7-15(12-22)11-17(18)21(24)25/h5-12H,2-4,13H2,1H3,(H,20,23). The summed E-state index contributed by atoms with van der Waals surface area (Å²) in [6.07, 6.45) is 3.74. The Labute approximate surface area is 151 Å². The zero-order valence-corrected chi connectivity index (χ0v) is 14.4. The molecule has 0 aromatic heterocycles. The van der Waals surface area contributed by atoms with Gasteiger partial charge in [0.2, 0.25) is 0 Å². The highest BCUT2D eigenvalue weighted by atomic mass is 16.6. The molecule has 2 aromatic rings. The van der Waals surface area contributed by atoms with E-state index in [-0.39, 0.29) is 23.6 Å². The predicted molar refractivity (Wildman–Crippen MR) is 97.7 cm³/mol. The lowest BCUT2D eigenvalue weighted by molar-refractivity contribution is -0.385. The van der Waals surface area contributed by atoms with Crippen molar-refractivity contribution in [3.63, 3.8) is 0 Å². The SMILES string of the molecule is CCCCc1ccc(NC(=O)COc2ccc(C=O)cc2[N+](=O)[O-])cc1. The van der Waals surface area contributed by atoms with Crippen molar-refractivity contribution in [2.75, 3.05) is 11.9 Å². The second-order valence-corrected chi connectivity index (χ2v) is 5.74. The average molecular weight is 356 g/mol. The van der Waals surface area contributed by atoms with Crippen LogP contribution in [0.2, 0.25) is 0 Å². The van der Waals surface area contributed by atoms with Crippen LogP contribution in [0, 0.1) is 10.1 Å². The van der Waals surface area contributed by atoms with Gasteiger partial charge in [0.15, 0.2) is 12.4 Å². The normalized spacial score (nSPS) is 10.2. The molecule has 2 aromatic carbocycles. The number of carbonyl (C=O) groups excluding carboxylic acids is 2. The van der Waals surface area contributed by atoms with Crippen LogP contribution in [0.4, 0.5) is 11.4 Å². The number of nitrogens with one attached hydrogen (secondary N) is 1. The second kappa shape index (κ2) is 9.31. The summed E-state index contributed by atoms with van der Waals surface area (Å²) < 4.78 is 5.24. The molecular formula is C19H20N2O5. The fourth-order valence-corrected chi connectivity index (χ4v) is 2.35. The topological polar surface area (TPSA) is 98.5 Å². The summed E-state index contributed by atoms with van der Waals surface area (Å²) in [5.74, 6) is -0.495. The lowest BCUT2D eigenvalue weighted by Crippen LogP contribution is -2.20. The molecule has 0 bridgehead atoms. The van der Waals surface area contributed by atoms with Gasteiger partial charge in [-0.25, -0.2) is 0 Å². The summed E-state index contributed by atoms with van der Waals surface area (Å²) in [4.78, 5) is 33.1. The molecule has 0 spiro atoms. The van der Waals surface area contributed by atoms with E-state index in [9.17, 15) is 19.7 Å². The molecule has 1 N–H and O–H groups in total. The van der Waals surface area contributed by atoms with Crippen LogP contribution in [0.5, 0.6) is 5.75 Å². The molecule has 2 rings (SSSR count). The van der Waals surface area contributed by atoms with Crippen LogP contribution < -0.4 is 10.1 Å². The van der Waals surface area contributed by atoms with Crippen molar-refractivity contribution >= 4 is 23.6 Å². The highest BCUT2D eigenvalue weighted by Crippen LogP contribution is 2.27. The van der Waals surface area contributed by atoms with Gasteiger partial charge in [0.05, 0.1) is 4.92 Å². The Morgan fingerprint density at radius 3 is 2.58 bits per heavy atom. The number of anilines is 1. The van der Waals surface area contributed by atoms with Crippen molar-refractivity contribution in [1.29, 1.82) is 0 Å². The number of ether oxygens (including phenoxy) is 1. The number of unbranched alkanes of at least 4 members (excludes halogenated alkanes) is 1. The second-order valence-electron chi connectivity index (χ2n) is 5.74. The van der Waals surface area contributed by atoms with E-state index >= 15 is 0 Å². The third-order valence-corrected chi connectivity index (χ3v) is 3.73. The number of hydrogen-bond donors (Lipinski definition) is 1. The number of aldehydes is 1. The lowest BCUT2D eigenvalue weighted by atomic mass is 10.1. The predicted octanol–water partition coefficient (Wildman–Crippen LogP) is 3.77. The average Bonchev–Trinajstić information content (AvgIpc) is 2.65. The number of aryl methyl sites for hydroxylation is 1. The molecule has 136 valence electrons. The molecule has 7 heteroatoms. The fourth-order valence-electron chi connectivity index (χ4n) is 2.35. The Bertz CT molecular complexity index is 787. The molecule has 0 heterocycles. The molecule has 0 aliphatic rings. The molecule has 0 unspecified atom stereocenters. The van der Waals surface area contributed by atoms with Crippen LogP contribution >= 0.6 is 0 Å². The molecule has 0 saturated carbocycles. The molecule has 0 radical (unpaired) electrons. The van der Waals surface area contributed by atoms with E-state index < -0.39 is 10.8 Å². The maximum atomic E-state index is 12.0. The van der Waals surface area contributed by atoms with Gasteiger partial charge in [-0.1, -0.05) is 25.5 Å². The summed E-state index contributed by atoms with van der Waals surface area (Å²) in [7, 11) is 0. The number of nitro groups is 1. The van der Waals surface area contributed by atoms with Gasteiger partial charge in [0, 0.05) is 17.3 Å². The van der Waals surface area contributed by atoms with E-state index in [1.807, 2.05) is 24.3 Å². The van der Waals surface area contributed by atoms with E-state index in [2.05, 4.69) is 12.2 Å². The number of carbonyl (C=O) groups is 2. The lowest BCUT2D eigenvalue weighted by Gasteiger charge is -2.09. The number of rotatable bonds is 9. The van der Waals surface area contributed by atoms with Crippen molar-refractivity contribution in [3.8, 4) is 5.75 Å². The largest absolute Gasteiger partial charge is 0.477 e. The fraction of sp³-hybridized carbons (Fsp3) is 0.263. The van der Waals surface area contributed by atoms with Gasteiger partial charge in [-0.2, -0.15) is 0 Å². The van der Waals surface area contributed by atoms with Gasteiger partial charge in [-0.15, -0.1) is 0 Å². The smallest absolute Gasteiger partial charge is 0.311 e. The van der Waals surface area contributed by atoms with Gasteiger partial charge in [-0.3, -0.25) is 19.7 Å². The van der Waals surface area contributed by atoms with Crippen LogP contribution in [0.15, 0.2) is 42.5 Å². The maximum absolute atomic E-state index is 12.0. The van der Waals surface area contributed by atoms with E-state index in [1.54, 1.807) is 0 Å². The molecule has 0 aliphatic carbocycles. The van der Waals surface area contributed by atoms with Gasteiger partial charge >= 0.3 is 5.69 Å². The highest BCUT2D eigenvalue weighted by molar-refractivity contribution is 5.92. The quantitative estimate of drug-likeness (QED) is 0.419. The summed E-state index contributed by atoms with van der Waals surface area (Å²) in [5, 5.41) is 13.7. The highest BCUT2D eigenvalue weighted by Gasteiger charge is 2.17. The van der Waals surface area contributed by atoms with Gasteiger partial charge in [0.25, 0.3) is 5.91 Å². The molecule has 0 aliphatic heterocycles. The minimum absolute atomic E-state index is 0.0642. The van der Waals surface area contributed by atoms with Crippen molar-refractivity contribution in [3.05, 3.63) is 63.7 Å². The Hall–Kier alpha value is -3.22. The summed E-state index contributed by atoms with van der Waals surface area (Å²) >= 11 is 0. The van der Waals surface area contributed by atoms with Crippen LogP contribution in [0.25, 0.3) is 0 Å². The van der Waals surface area contributed by atoms with E-state index in [0.717, 1.165) is 25.3 Å². The van der Waals surface area contributed by atoms with Crippen molar-refractivity contribution in [1.82, 2.24) is 0 Å². The number of amides is 1. The Balaban J connectivity index is 1.94. The minimum atomic E-state index is -0.657. The van der Waals surface area contributed by atoms with Crippen LogP contribution in [-0.4, -0.2) is 23.7 Å². The first-order valence-electron chi connectivity index (χ1n) is 8.28. The van der Waals surface area contributed by atoms with Gasteiger partial charge in [0.1, 0.15) is 6.29 Å². The Morgan fingerprint density at radius 1 is 1.23 bits per heavy atom. The molecule has 7 nitrogen and oxygen atoms in total. The molecule has 1 amide bonds. The monoisotopic (exact) mass is 356 g/mol. The Kier molecular flexibility index (Phi) is 6.84. The van der Waals surface area contributed by atoms with Crippen molar-refractivity contribution in [2.45, 2.75) is 26.2 Å². The van der Waals surface area contributed by atoms with E-state index in [4.69, 9.17) is 4.74 Å². The van der Waals surface area contributed by atoms with Crippen molar-refractivity contribution < 1.29 is 19.2 Å².